The van der Waals surface area contributed by atoms with E-state index >= 15 is 0 Å². The molecule has 0 saturated carbocycles. The molecule has 4 rings (SSSR count). The second kappa shape index (κ2) is 10.2. The lowest BCUT2D eigenvalue weighted by atomic mass is 10.1. The Morgan fingerprint density at radius 2 is 1.36 bits per heavy atom. The number of aryl methyl sites for hydroxylation is 1. The van der Waals surface area contributed by atoms with Crippen LogP contribution in [0.4, 0.5) is 5.69 Å². The van der Waals surface area contributed by atoms with E-state index in [1.165, 1.54) is 37.3 Å². The second-order valence-electron chi connectivity index (χ2n) is 9.02. The van der Waals surface area contributed by atoms with Crippen LogP contribution in [-0.2, 0) is 10.0 Å². The van der Waals surface area contributed by atoms with Crippen LogP contribution >= 0.6 is 0 Å². The first-order valence-electron chi connectivity index (χ1n) is 11.7. The molecule has 2 heterocycles. The Kier molecular flexibility index (Phi) is 7.36. The summed E-state index contributed by atoms with van der Waals surface area (Å²) in [6.07, 6.45) is 2.63. The molecule has 178 valence electrons. The number of nitrogens with zero attached hydrogens (tertiary/aromatic N) is 4. The maximum absolute atomic E-state index is 13.0. The summed E-state index contributed by atoms with van der Waals surface area (Å²) in [7, 11) is -2.12. The van der Waals surface area contributed by atoms with Gasteiger partial charge in [0.05, 0.1) is 10.6 Å². The summed E-state index contributed by atoms with van der Waals surface area (Å²) in [4.78, 5) is 20.1. The SMILES string of the molecule is Cc1ccc(S(=O)(=O)N(C)c2ccc(C(=O)N3CCN(CCN4CCCC4)CC3)cc2)cc1. The molecule has 2 aliphatic heterocycles. The van der Waals surface area contributed by atoms with Crippen molar-refractivity contribution >= 4 is 21.6 Å². The molecule has 2 aromatic carbocycles. The highest BCUT2D eigenvalue weighted by Crippen LogP contribution is 2.23. The number of rotatable bonds is 7. The molecule has 0 aliphatic carbocycles. The van der Waals surface area contributed by atoms with Crippen LogP contribution in [0, 0.1) is 6.92 Å². The Balaban J connectivity index is 1.33. The Morgan fingerprint density at radius 3 is 1.94 bits per heavy atom. The molecule has 2 aliphatic rings. The van der Waals surface area contributed by atoms with E-state index in [1.807, 2.05) is 11.8 Å². The second-order valence-corrected chi connectivity index (χ2v) is 11.0. The zero-order chi connectivity index (χ0) is 23.4. The average Bonchev–Trinajstić information content (AvgIpc) is 3.36. The summed E-state index contributed by atoms with van der Waals surface area (Å²) in [6.45, 7) is 9.79. The van der Waals surface area contributed by atoms with Crippen LogP contribution in [0.25, 0.3) is 0 Å². The molecule has 0 N–H and O–H groups in total. The maximum atomic E-state index is 13.0. The van der Waals surface area contributed by atoms with E-state index in [4.69, 9.17) is 0 Å². The van der Waals surface area contributed by atoms with Crippen molar-refractivity contribution in [1.82, 2.24) is 14.7 Å². The first kappa shape index (κ1) is 23.7. The number of amides is 1. The van der Waals surface area contributed by atoms with Crippen LogP contribution in [0.15, 0.2) is 53.4 Å². The number of benzene rings is 2. The predicted molar refractivity (Wildman–Crippen MR) is 131 cm³/mol. The summed E-state index contributed by atoms with van der Waals surface area (Å²) in [5.41, 5.74) is 2.12. The third kappa shape index (κ3) is 5.57. The van der Waals surface area contributed by atoms with Crippen LogP contribution in [0.5, 0.6) is 0 Å². The number of carbonyl (C=O) groups is 1. The van der Waals surface area contributed by atoms with Crippen LogP contribution in [0.2, 0.25) is 0 Å². The van der Waals surface area contributed by atoms with E-state index in [0.717, 1.165) is 44.8 Å². The number of anilines is 1. The molecule has 0 unspecified atom stereocenters. The number of hydrogen-bond donors (Lipinski definition) is 0. The molecule has 2 aromatic rings. The van der Waals surface area contributed by atoms with E-state index in [2.05, 4.69) is 9.80 Å². The van der Waals surface area contributed by atoms with Crippen LogP contribution < -0.4 is 4.31 Å². The van der Waals surface area contributed by atoms with Gasteiger partial charge in [-0.1, -0.05) is 17.7 Å². The minimum Gasteiger partial charge on any atom is -0.336 e. The molecule has 2 saturated heterocycles. The van der Waals surface area contributed by atoms with Gasteiger partial charge in [0.1, 0.15) is 0 Å². The quantitative estimate of drug-likeness (QED) is 0.623. The van der Waals surface area contributed by atoms with E-state index in [1.54, 1.807) is 48.5 Å². The van der Waals surface area contributed by atoms with Crippen molar-refractivity contribution in [2.45, 2.75) is 24.7 Å². The standard InChI is InChI=1S/C25H34N4O3S/c1-21-5-11-24(12-6-21)33(31,32)26(2)23-9-7-22(8-10-23)25(30)29-19-17-28(18-20-29)16-15-27-13-3-4-14-27/h5-12H,3-4,13-20H2,1-2H3. The third-order valence-corrected chi connectivity index (χ3v) is 8.55. The molecule has 1 amide bonds. The van der Waals surface area contributed by atoms with Gasteiger partial charge in [-0.05, 0) is 69.3 Å². The lowest BCUT2D eigenvalue weighted by molar-refractivity contribution is 0.0626. The predicted octanol–water partition coefficient (Wildman–Crippen LogP) is 2.67. The Bertz CT molecular complexity index is 1040. The van der Waals surface area contributed by atoms with Gasteiger partial charge < -0.3 is 9.80 Å². The lowest BCUT2D eigenvalue weighted by Crippen LogP contribution is -2.50. The van der Waals surface area contributed by atoms with Crippen LogP contribution in [-0.4, -0.2) is 88.4 Å². The Labute approximate surface area is 197 Å². The topological polar surface area (TPSA) is 64.2 Å². The fraction of sp³-hybridized carbons (Fsp3) is 0.480. The molecule has 7 nitrogen and oxygen atoms in total. The van der Waals surface area contributed by atoms with Gasteiger partial charge >= 0.3 is 0 Å². The molecule has 0 bridgehead atoms. The summed E-state index contributed by atoms with van der Waals surface area (Å²) in [5, 5.41) is 0. The summed E-state index contributed by atoms with van der Waals surface area (Å²) in [6, 6.07) is 13.6. The molecule has 2 fully saturated rings. The zero-order valence-corrected chi connectivity index (χ0v) is 20.4. The molecular weight excluding hydrogens is 436 g/mol. The molecule has 0 aromatic heterocycles. The first-order chi connectivity index (χ1) is 15.8. The lowest BCUT2D eigenvalue weighted by Gasteiger charge is -2.35. The van der Waals surface area contributed by atoms with Gasteiger partial charge in [-0.15, -0.1) is 0 Å². The van der Waals surface area contributed by atoms with E-state index in [9.17, 15) is 13.2 Å². The number of piperazine rings is 1. The van der Waals surface area contributed by atoms with Gasteiger partial charge in [0.25, 0.3) is 15.9 Å². The molecule has 0 radical (unpaired) electrons. The van der Waals surface area contributed by atoms with E-state index in [-0.39, 0.29) is 10.8 Å². The van der Waals surface area contributed by atoms with E-state index < -0.39 is 10.0 Å². The van der Waals surface area contributed by atoms with Gasteiger partial charge in [-0.3, -0.25) is 14.0 Å². The van der Waals surface area contributed by atoms with Crippen LogP contribution in [0.1, 0.15) is 28.8 Å². The highest BCUT2D eigenvalue weighted by Gasteiger charge is 2.24. The van der Waals surface area contributed by atoms with Crippen molar-refractivity contribution in [2.24, 2.45) is 0 Å². The minimum absolute atomic E-state index is 0.00443. The molecule has 8 heteroatoms. The monoisotopic (exact) mass is 470 g/mol. The zero-order valence-electron chi connectivity index (χ0n) is 19.6. The largest absolute Gasteiger partial charge is 0.336 e. The normalized spacial score (nSPS) is 17.9. The van der Waals surface area contributed by atoms with Gasteiger partial charge in [-0.25, -0.2) is 8.42 Å². The Morgan fingerprint density at radius 1 is 0.818 bits per heavy atom. The average molecular weight is 471 g/mol. The number of carbonyl (C=O) groups excluding carboxylic acids is 1. The number of sulfonamides is 1. The highest BCUT2D eigenvalue weighted by atomic mass is 32.2. The molecular formula is C25H34N4O3S. The van der Waals surface area contributed by atoms with Crippen molar-refractivity contribution in [3.63, 3.8) is 0 Å². The smallest absolute Gasteiger partial charge is 0.264 e. The van der Waals surface area contributed by atoms with Gasteiger partial charge in [-0.2, -0.15) is 0 Å². The fourth-order valence-electron chi connectivity index (χ4n) is 4.47. The highest BCUT2D eigenvalue weighted by molar-refractivity contribution is 7.92. The summed E-state index contributed by atoms with van der Waals surface area (Å²) >= 11 is 0. The molecule has 0 spiro atoms. The minimum atomic E-state index is -3.65. The van der Waals surface area contributed by atoms with Crippen molar-refractivity contribution in [3.8, 4) is 0 Å². The number of likely N-dealkylation sites (tertiary alicyclic amines) is 1. The van der Waals surface area contributed by atoms with Gasteiger partial charge in [0.2, 0.25) is 0 Å². The number of hydrogen-bond acceptors (Lipinski definition) is 5. The van der Waals surface area contributed by atoms with Gasteiger partial charge in [0.15, 0.2) is 0 Å². The molecule has 0 atom stereocenters. The van der Waals surface area contributed by atoms with Crippen molar-refractivity contribution in [2.75, 3.05) is 63.7 Å². The summed E-state index contributed by atoms with van der Waals surface area (Å²) < 4.78 is 27.1. The third-order valence-electron chi connectivity index (χ3n) is 6.75. The maximum Gasteiger partial charge on any atom is 0.264 e. The Hall–Kier alpha value is -2.42. The van der Waals surface area contributed by atoms with E-state index in [0.29, 0.717) is 11.3 Å². The molecule has 33 heavy (non-hydrogen) atoms. The fourth-order valence-corrected chi connectivity index (χ4v) is 5.66. The van der Waals surface area contributed by atoms with Crippen molar-refractivity contribution in [3.05, 3.63) is 59.7 Å². The summed E-state index contributed by atoms with van der Waals surface area (Å²) in [5.74, 6) is 0.00443. The van der Waals surface area contributed by atoms with Crippen molar-refractivity contribution in [1.29, 1.82) is 0 Å². The first-order valence-corrected chi connectivity index (χ1v) is 13.2. The van der Waals surface area contributed by atoms with Crippen LogP contribution in [0.3, 0.4) is 0 Å². The van der Waals surface area contributed by atoms with Gasteiger partial charge in [0, 0.05) is 51.9 Å². The van der Waals surface area contributed by atoms with Crippen molar-refractivity contribution < 1.29 is 13.2 Å².